The second-order valence-corrected chi connectivity index (χ2v) is 12.0. The fourth-order valence-electron chi connectivity index (χ4n) is 7.88. The Hall–Kier alpha value is -2.74. The Kier molecular flexibility index (Phi) is 8.70. The number of carbonyl (C=O) groups is 1. The fraction of sp³-hybridized carbons (Fsp3) is 0.677. The Morgan fingerprint density at radius 3 is 2.26 bits per heavy atom. The van der Waals surface area contributed by atoms with Crippen molar-refractivity contribution in [1.29, 1.82) is 0 Å². The number of nitrogens with zero attached hydrogens (tertiary/aromatic N) is 4. The standard InChI is InChI=1S/C31H44N4O4/c1-4-20-15-21(5-2)17-24(16-20)34-22-9-8-10-23(34)19-25(18-22)35-28-12-7-6-11-26(28)32-30(31(35)38)27(33-39-3)13-14-29(36)37/h6-7,11-12,20-25H,4-5,8-10,13-19H2,1-3H3,(H,36,37)/b33-27+. The summed E-state index contributed by atoms with van der Waals surface area (Å²) in [4.78, 5) is 38.0. The van der Waals surface area contributed by atoms with E-state index >= 15 is 0 Å². The van der Waals surface area contributed by atoms with Crippen molar-refractivity contribution in [2.75, 3.05) is 7.11 Å². The maximum atomic E-state index is 14.1. The average Bonchev–Trinajstić information content (AvgIpc) is 2.94. The SMILES string of the molecule is CCC1CC(CC)CC(N2C3CCCC2CC(n2c(=O)c(/C(CCC(=O)O)=N/OC)nc4ccccc42)C3)C1. The van der Waals surface area contributed by atoms with Crippen LogP contribution in [0.25, 0.3) is 11.0 Å². The van der Waals surface area contributed by atoms with E-state index in [-0.39, 0.29) is 30.1 Å². The molecule has 0 radical (unpaired) electrons. The lowest BCUT2D eigenvalue weighted by Gasteiger charge is -2.54. The van der Waals surface area contributed by atoms with Crippen molar-refractivity contribution in [2.24, 2.45) is 17.0 Å². The van der Waals surface area contributed by atoms with E-state index < -0.39 is 5.97 Å². The molecule has 2 bridgehead atoms. The molecule has 212 valence electrons. The summed E-state index contributed by atoms with van der Waals surface area (Å²) >= 11 is 0. The summed E-state index contributed by atoms with van der Waals surface area (Å²) in [6.07, 6.45) is 12.1. The zero-order valence-electron chi connectivity index (χ0n) is 23.7. The van der Waals surface area contributed by atoms with Gasteiger partial charge in [-0.3, -0.25) is 14.5 Å². The third-order valence-corrected chi connectivity index (χ3v) is 9.67. The summed E-state index contributed by atoms with van der Waals surface area (Å²) in [5.41, 5.74) is 1.87. The highest BCUT2D eigenvalue weighted by Gasteiger charge is 2.44. The number of aromatic nitrogens is 2. The van der Waals surface area contributed by atoms with Gasteiger partial charge < -0.3 is 14.5 Å². The van der Waals surface area contributed by atoms with Crippen molar-refractivity contribution >= 4 is 22.7 Å². The van der Waals surface area contributed by atoms with Crippen molar-refractivity contribution in [3.05, 3.63) is 40.3 Å². The van der Waals surface area contributed by atoms with E-state index in [1.54, 1.807) is 0 Å². The molecule has 0 spiro atoms. The topological polar surface area (TPSA) is 97.0 Å². The summed E-state index contributed by atoms with van der Waals surface area (Å²) in [5, 5.41) is 13.3. The summed E-state index contributed by atoms with van der Waals surface area (Å²) in [6.45, 7) is 4.70. The first-order valence-corrected chi connectivity index (χ1v) is 15.0. The normalized spacial score (nSPS) is 29.9. The van der Waals surface area contributed by atoms with Gasteiger partial charge in [0.1, 0.15) is 12.8 Å². The molecular weight excluding hydrogens is 492 g/mol. The zero-order chi connectivity index (χ0) is 27.5. The lowest BCUT2D eigenvalue weighted by Crippen LogP contribution is -2.58. The van der Waals surface area contributed by atoms with Crippen LogP contribution in [-0.2, 0) is 9.63 Å². The minimum atomic E-state index is -0.946. The third kappa shape index (κ3) is 5.76. The molecule has 1 saturated carbocycles. The third-order valence-electron chi connectivity index (χ3n) is 9.67. The van der Waals surface area contributed by atoms with Gasteiger partial charge in [-0.05, 0) is 68.9 Å². The monoisotopic (exact) mass is 536 g/mol. The van der Waals surface area contributed by atoms with Crippen LogP contribution >= 0.6 is 0 Å². The Balaban J connectivity index is 1.50. The van der Waals surface area contributed by atoms with Crippen molar-refractivity contribution in [1.82, 2.24) is 14.5 Å². The molecule has 5 rings (SSSR count). The molecule has 1 N–H and O–H groups in total. The van der Waals surface area contributed by atoms with E-state index in [0.29, 0.717) is 23.8 Å². The van der Waals surface area contributed by atoms with E-state index in [4.69, 9.17) is 4.84 Å². The first-order valence-electron chi connectivity index (χ1n) is 15.0. The Bertz CT molecular complexity index is 1230. The maximum Gasteiger partial charge on any atom is 0.303 e. The molecule has 2 aromatic rings. The minimum absolute atomic E-state index is 0.0755. The molecule has 1 aliphatic carbocycles. The lowest BCUT2D eigenvalue weighted by atomic mass is 9.72. The van der Waals surface area contributed by atoms with Crippen LogP contribution < -0.4 is 5.56 Å². The van der Waals surface area contributed by atoms with Crippen LogP contribution in [0.15, 0.2) is 34.2 Å². The molecule has 8 nitrogen and oxygen atoms in total. The van der Waals surface area contributed by atoms with Gasteiger partial charge in [0, 0.05) is 30.6 Å². The predicted molar refractivity (Wildman–Crippen MR) is 153 cm³/mol. The van der Waals surface area contributed by atoms with Crippen LogP contribution in [-0.4, -0.2) is 56.5 Å². The van der Waals surface area contributed by atoms with Crippen LogP contribution in [0.2, 0.25) is 0 Å². The number of para-hydroxylation sites is 2. The van der Waals surface area contributed by atoms with Crippen molar-refractivity contribution < 1.29 is 14.7 Å². The molecule has 0 amide bonds. The molecule has 8 heteroatoms. The molecule has 1 aromatic heterocycles. The summed E-state index contributed by atoms with van der Waals surface area (Å²) in [6, 6.07) is 9.50. The van der Waals surface area contributed by atoms with Gasteiger partial charge in [-0.1, -0.05) is 50.4 Å². The predicted octanol–water partition coefficient (Wildman–Crippen LogP) is 5.77. The van der Waals surface area contributed by atoms with E-state index in [9.17, 15) is 14.7 Å². The van der Waals surface area contributed by atoms with Gasteiger partial charge >= 0.3 is 5.97 Å². The summed E-state index contributed by atoms with van der Waals surface area (Å²) < 4.78 is 1.96. The van der Waals surface area contributed by atoms with Crippen LogP contribution in [0.5, 0.6) is 0 Å². The number of piperidine rings is 2. The van der Waals surface area contributed by atoms with Gasteiger partial charge in [-0.2, -0.15) is 0 Å². The zero-order valence-corrected chi connectivity index (χ0v) is 23.7. The highest BCUT2D eigenvalue weighted by atomic mass is 16.6. The van der Waals surface area contributed by atoms with Crippen molar-refractivity contribution in [2.45, 2.75) is 115 Å². The van der Waals surface area contributed by atoms with Gasteiger partial charge in [0.25, 0.3) is 5.56 Å². The smallest absolute Gasteiger partial charge is 0.303 e. The Labute approximate surface area is 231 Å². The lowest BCUT2D eigenvalue weighted by molar-refractivity contribution is -0.136. The van der Waals surface area contributed by atoms with Gasteiger partial charge in [0.15, 0.2) is 5.69 Å². The minimum Gasteiger partial charge on any atom is -0.481 e. The number of carboxylic acids is 1. The Morgan fingerprint density at radius 1 is 0.974 bits per heavy atom. The molecule has 39 heavy (non-hydrogen) atoms. The maximum absolute atomic E-state index is 14.1. The van der Waals surface area contributed by atoms with E-state index in [2.05, 4.69) is 28.9 Å². The van der Waals surface area contributed by atoms with Crippen LogP contribution in [0.4, 0.5) is 0 Å². The van der Waals surface area contributed by atoms with Gasteiger partial charge in [-0.25, -0.2) is 4.98 Å². The number of oxime groups is 1. The number of carboxylic acid groups (broad SMARTS) is 1. The molecule has 2 saturated heterocycles. The number of hydrogen-bond acceptors (Lipinski definition) is 6. The Morgan fingerprint density at radius 2 is 1.64 bits per heavy atom. The number of fused-ring (bicyclic) bond motifs is 3. The molecule has 3 aliphatic rings. The first-order chi connectivity index (χ1) is 18.9. The van der Waals surface area contributed by atoms with Crippen LogP contribution in [0.3, 0.4) is 0 Å². The number of aliphatic carboxylic acids is 1. The van der Waals surface area contributed by atoms with Gasteiger partial charge in [0.05, 0.1) is 17.5 Å². The van der Waals surface area contributed by atoms with Crippen molar-refractivity contribution in [3.63, 3.8) is 0 Å². The van der Waals surface area contributed by atoms with Crippen LogP contribution in [0, 0.1) is 11.8 Å². The fourth-order valence-corrected chi connectivity index (χ4v) is 7.88. The molecule has 2 aliphatic heterocycles. The molecule has 1 aromatic carbocycles. The van der Waals surface area contributed by atoms with Gasteiger partial charge in [-0.15, -0.1) is 0 Å². The van der Waals surface area contributed by atoms with E-state index in [1.165, 1.54) is 58.5 Å². The number of rotatable bonds is 9. The number of hydrogen-bond donors (Lipinski definition) is 1. The average molecular weight is 537 g/mol. The highest BCUT2D eigenvalue weighted by molar-refractivity contribution is 6.00. The quantitative estimate of drug-likeness (QED) is 0.323. The second kappa shape index (κ2) is 12.2. The molecule has 3 fully saturated rings. The van der Waals surface area contributed by atoms with Crippen LogP contribution in [0.1, 0.15) is 103 Å². The largest absolute Gasteiger partial charge is 0.481 e. The molecule has 4 atom stereocenters. The molecule has 4 unspecified atom stereocenters. The van der Waals surface area contributed by atoms with Crippen molar-refractivity contribution in [3.8, 4) is 0 Å². The van der Waals surface area contributed by atoms with E-state index in [1.807, 2.05) is 28.8 Å². The van der Waals surface area contributed by atoms with E-state index in [0.717, 1.165) is 35.7 Å². The summed E-state index contributed by atoms with van der Waals surface area (Å²) in [7, 11) is 1.41. The second-order valence-electron chi connectivity index (χ2n) is 12.0. The molecule has 3 heterocycles. The number of benzene rings is 1. The first kappa shape index (κ1) is 27.8. The molecular formula is C31H44N4O4. The summed E-state index contributed by atoms with van der Waals surface area (Å²) in [5.74, 6) is 0.704. The highest BCUT2D eigenvalue weighted by Crippen LogP contribution is 2.45. The van der Waals surface area contributed by atoms with Gasteiger partial charge in [0.2, 0.25) is 0 Å².